The number of rotatable bonds is 9. The van der Waals surface area contributed by atoms with Gasteiger partial charge in [0.1, 0.15) is 30.8 Å². The Labute approximate surface area is 155 Å². The number of para-hydroxylation sites is 1. The van der Waals surface area contributed by atoms with Gasteiger partial charge in [-0.2, -0.15) is 0 Å². The monoisotopic (exact) mass is 373 g/mol. The number of carbonyl (C=O) groups is 3. The number of hydrogen-bond donors (Lipinski definition) is 3. The summed E-state index contributed by atoms with van der Waals surface area (Å²) in [4.78, 5) is 32.9. The highest BCUT2D eigenvalue weighted by Gasteiger charge is 2.23. The second-order valence-corrected chi connectivity index (χ2v) is 5.53. The van der Waals surface area contributed by atoms with E-state index in [0.717, 1.165) is 5.75 Å². The molecule has 0 radical (unpaired) electrons. The lowest BCUT2D eigenvalue weighted by Crippen LogP contribution is -2.45. The number of hydrogen-bond acceptors (Lipinski definition) is 5. The number of carboxylic acids is 2. The molecule has 0 aliphatic heterocycles. The standard InChI is InChI=1S/C19H19NO7/c21-17(19(24)25)20-16(18(22)23)12-13-6-8-15(9-7-13)27-11-10-26-14-4-2-1-3-5-14/h1-9,16H,10-12H2,(H,20,21)(H,22,23)(H,24,25)/t16-/m1/s1. The minimum Gasteiger partial charge on any atom is -0.490 e. The fourth-order valence-electron chi connectivity index (χ4n) is 2.21. The Bertz CT molecular complexity index is 774. The Morgan fingerprint density at radius 2 is 1.41 bits per heavy atom. The Kier molecular flexibility index (Phi) is 7.18. The van der Waals surface area contributed by atoms with Gasteiger partial charge in [-0.3, -0.25) is 4.79 Å². The van der Waals surface area contributed by atoms with Crippen molar-refractivity contribution < 1.29 is 34.1 Å². The van der Waals surface area contributed by atoms with Gasteiger partial charge in [0.05, 0.1) is 0 Å². The van der Waals surface area contributed by atoms with Gasteiger partial charge in [-0.1, -0.05) is 30.3 Å². The summed E-state index contributed by atoms with van der Waals surface area (Å²) in [6.45, 7) is 0.703. The minimum atomic E-state index is -1.73. The molecule has 0 saturated heterocycles. The molecule has 0 bridgehead atoms. The van der Waals surface area contributed by atoms with Crippen LogP contribution in [0.1, 0.15) is 5.56 Å². The molecule has 0 aliphatic carbocycles. The lowest BCUT2D eigenvalue weighted by molar-refractivity contribution is -0.152. The van der Waals surface area contributed by atoms with E-state index in [0.29, 0.717) is 24.5 Å². The normalized spacial score (nSPS) is 11.3. The SMILES string of the molecule is O=C(O)C(=O)N[C@H](Cc1ccc(OCCOc2ccccc2)cc1)C(=O)O. The van der Waals surface area contributed by atoms with Crippen molar-refractivity contribution in [1.29, 1.82) is 0 Å². The molecule has 1 amide bonds. The van der Waals surface area contributed by atoms with E-state index in [4.69, 9.17) is 19.7 Å². The second-order valence-electron chi connectivity index (χ2n) is 5.53. The summed E-state index contributed by atoms with van der Waals surface area (Å²) in [5.74, 6) is -3.08. The zero-order chi connectivity index (χ0) is 19.6. The van der Waals surface area contributed by atoms with Gasteiger partial charge in [-0.25, -0.2) is 9.59 Å². The maximum absolute atomic E-state index is 11.2. The lowest BCUT2D eigenvalue weighted by atomic mass is 10.1. The first-order valence-corrected chi connectivity index (χ1v) is 8.12. The number of nitrogens with one attached hydrogen (secondary N) is 1. The van der Waals surface area contributed by atoms with Crippen molar-refractivity contribution in [3.63, 3.8) is 0 Å². The molecule has 0 aromatic heterocycles. The number of carboxylic acid groups (broad SMARTS) is 2. The molecule has 8 nitrogen and oxygen atoms in total. The van der Waals surface area contributed by atoms with Crippen LogP contribution in [0.25, 0.3) is 0 Å². The van der Waals surface area contributed by atoms with Crippen LogP contribution in [0.2, 0.25) is 0 Å². The molecular weight excluding hydrogens is 354 g/mol. The predicted molar refractivity (Wildman–Crippen MR) is 94.8 cm³/mol. The molecule has 8 heteroatoms. The van der Waals surface area contributed by atoms with E-state index in [2.05, 4.69) is 0 Å². The van der Waals surface area contributed by atoms with Crippen LogP contribution >= 0.6 is 0 Å². The van der Waals surface area contributed by atoms with Crippen molar-refractivity contribution in [3.8, 4) is 11.5 Å². The van der Waals surface area contributed by atoms with Crippen molar-refractivity contribution >= 4 is 17.8 Å². The molecule has 0 fully saturated rings. The molecule has 142 valence electrons. The lowest BCUT2D eigenvalue weighted by Gasteiger charge is -2.13. The number of amides is 1. The second kappa shape index (κ2) is 9.81. The summed E-state index contributed by atoms with van der Waals surface area (Å²) in [5.41, 5.74) is 0.612. The zero-order valence-electron chi connectivity index (χ0n) is 14.3. The summed E-state index contributed by atoms with van der Waals surface area (Å²) in [6.07, 6.45) is -0.0498. The van der Waals surface area contributed by atoms with Gasteiger partial charge in [0.2, 0.25) is 0 Å². The molecule has 2 aromatic rings. The van der Waals surface area contributed by atoms with E-state index >= 15 is 0 Å². The van der Waals surface area contributed by atoms with Crippen LogP contribution in [0.5, 0.6) is 11.5 Å². The largest absolute Gasteiger partial charge is 0.490 e. The van der Waals surface area contributed by atoms with Crippen LogP contribution in [0, 0.1) is 0 Å². The molecule has 1 atom stereocenters. The predicted octanol–water partition coefficient (Wildman–Crippen LogP) is 1.34. The highest BCUT2D eigenvalue weighted by Crippen LogP contribution is 2.14. The van der Waals surface area contributed by atoms with Gasteiger partial charge in [0.25, 0.3) is 0 Å². The van der Waals surface area contributed by atoms with E-state index in [1.807, 2.05) is 35.6 Å². The molecule has 2 rings (SSSR count). The van der Waals surface area contributed by atoms with E-state index in [1.54, 1.807) is 24.3 Å². The van der Waals surface area contributed by atoms with Crippen LogP contribution in [-0.2, 0) is 20.8 Å². The molecule has 2 aromatic carbocycles. The zero-order valence-corrected chi connectivity index (χ0v) is 14.3. The summed E-state index contributed by atoms with van der Waals surface area (Å²) in [7, 11) is 0. The van der Waals surface area contributed by atoms with Crippen molar-refractivity contribution in [2.75, 3.05) is 13.2 Å². The maximum atomic E-state index is 11.2. The molecule has 0 unspecified atom stereocenters. The average molecular weight is 373 g/mol. The first-order chi connectivity index (χ1) is 13.0. The summed E-state index contributed by atoms with van der Waals surface area (Å²) in [6, 6.07) is 14.6. The molecule has 0 spiro atoms. The Morgan fingerprint density at radius 1 is 0.852 bits per heavy atom. The molecular formula is C19H19NO7. The fraction of sp³-hybridized carbons (Fsp3) is 0.211. The van der Waals surface area contributed by atoms with E-state index in [-0.39, 0.29) is 6.42 Å². The van der Waals surface area contributed by atoms with Crippen molar-refractivity contribution in [2.45, 2.75) is 12.5 Å². The minimum absolute atomic E-state index is 0.0498. The smallest absolute Gasteiger partial charge is 0.394 e. The Balaban J connectivity index is 1.81. The van der Waals surface area contributed by atoms with Crippen LogP contribution in [0.15, 0.2) is 54.6 Å². The average Bonchev–Trinajstić information content (AvgIpc) is 2.66. The van der Waals surface area contributed by atoms with E-state index < -0.39 is 23.9 Å². The highest BCUT2D eigenvalue weighted by atomic mass is 16.5. The molecule has 0 aliphatic rings. The number of carbonyl (C=O) groups excluding carboxylic acids is 1. The van der Waals surface area contributed by atoms with E-state index in [9.17, 15) is 14.4 Å². The number of ether oxygens (including phenoxy) is 2. The van der Waals surface area contributed by atoms with Gasteiger partial charge in [0, 0.05) is 6.42 Å². The first-order valence-electron chi connectivity index (χ1n) is 8.12. The molecule has 27 heavy (non-hydrogen) atoms. The van der Waals surface area contributed by atoms with Crippen molar-refractivity contribution in [3.05, 3.63) is 60.2 Å². The van der Waals surface area contributed by atoms with Crippen LogP contribution in [0.4, 0.5) is 0 Å². The first kappa shape index (κ1) is 19.8. The maximum Gasteiger partial charge on any atom is 0.394 e. The van der Waals surface area contributed by atoms with E-state index in [1.165, 1.54) is 0 Å². The van der Waals surface area contributed by atoms with Crippen LogP contribution < -0.4 is 14.8 Å². The third-order valence-corrected chi connectivity index (χ3v) is 3.52. The summed E-state index contributed by atoms with van der Waals surface area (Å²) in [5, 5.41) is 19.6. The third kappa shape index (κ3) is 6.69. The van der Waals surface area contributed by atoms with Crippen LogP contribution in [-0.4, -0.2) is 47.3 Å². The molecule has 0 saturated carbocycles. The fourth-order valence-corrected chi connectivity index (χ4v) is 2.21. The van der Waals surface area contributed by atoms with Crippen molar-refractivity contribution in [2.24, 2.45) is 0 Å². The summed E-state index contributed by atoms with van der Waals surface area (Å²) >= 11 is 0. The Morgan fingerprint density at radius 3 is 1.93 bits per heavy atom. The molecule has 3 N–H and O–H groups in total. The summed E-state index contributed by atoms with van der Waals surface area (Å²) < 4.78 is 11.1. The van der Waals surface area contributed by atoms with Gasteiger partial charge >= 0.3 is 17.8 Å². The number of aliphatic carboxylic acids is 2. The Hall–Kier alpha value is -3.55. The quantitative estimate of drug-likeness (QED) is 0.448. The van der Waals surface area contributed by atoms with Crippen LogP contribution in [0.3, 0.4) is 0 Å². The molecule has 0 heterocycles. The topological polar surface area (TPSA) is 122 Å². The van der Waals surface area contributed by atoms with Gasteiger partial charge in [-0.05, 0) is 29.8 Å². The highest BCUT2D eigenvalue weighted by molar-refractivity contribution is 6.31. The van der Waals surface area contributed by atoms with Gasteiger partial charge in [-0.15, -0.1) is 0 Å². The van der Waals surface area contributed by atoms with Gasteiger partial charge < -0.3 is 25.0 Å². The number of benzene rings is 2. The third-order valence-electron chi connectivity index (χ3n) is 3.52. The van der Waals surface area contributed by atoms with Gasteiger partial charge in [0.15, 0.2) is 0 Å². The van der Waals surface area contributed by atoms with Crippen molar-refractivity contribution in [1.82, 2.24) is 5.32 Å².